The quantitative estimate of drug-likeness (QED) is 0.890. The van der Waals surface area contributed by atoms with Crippen LogP contribution >= 0.6 is 15.9 Å². The molecule has 1 amide bonds. The van der Waals surface area contributed by atoms with E-state index in [-0.39, 0.29) is 12.3 Å². The number of nitrogens with two attached hydrogens (primary N) is 1. The Kier molecular flexibility index (Phi) is 4.58. The van der Waals surface area contributed by atoms with Crippen molar-refractivity contribution >= 4 is 27.5 Å². The summed E-state index contributed by atoms with van der Waals surface area (Å²) in [6.45, 7) is 0.759. The predicted molar refractivity (Wildman–Crippen MR) is 80.8 cm³/mol. The van der Waals surface area contributed by atoms with Crippen molar-refractivity contribution in [1.29, 1.82) is 0 Å². The largest absolute Gasteiger partial charge is 0.381 e. The minimum atomic E-state index is -0.310. The van der Waals surface area contributed by atoms with Crippen LogP contribution < -0.4 is 11.1 Å². The molecule has 0 bridgehead atoms. The SMILES string of the molecule is NC(=O)Cc1ccc(NCc2cccc(Br)c2)cc1. The summed E-state index contributed by atoms with van der Waals surface area (Å²) >= 11 is 3.45. The first-order valence-corrected chi connectivity index (χ1v) is 6.78. The summed E-state index contributed by atoms with van der Waals surface area (Å²) in [6.07, 6.45) is 0.284. The predicted octanol–water partition coefficient (Wildman–Crippen LogP) is 3.09. The molecule has 2 aromatic carbocycles. The Morgan fingerprint density at radius 1 is 1.11 bits per heavy atom. The van der Waals surface area contributed by atoms with Crippen LogP contribution in [-0.2, 0) is 17.8 Å². The van der Waals surface area contributed by atoms with Crippen LogP contribution in [0.4, 0.5) is 5.69 Å². The number of primary amides is 1. The molecule has 0 saturated carbocycles. The van der Waals surface area contributed by atoms with Crippen LogP contribution in [0, 0.1) is 0 Å². The van der Waals surface area contributed by atoms with Gasteiger partial charge in [-0.1, -0.05) is 40.2 Å². The molecule has 0 aliphatic heterocycles. The normalized spacial score (nSPS) is 10.2. The third-order valence-electron chi connectivity index (χ3n) is 2.72. The molecule has 2 aromatic rings. The van der Waals surface area contributed by atoms with Crippen molar-refractivity contribution in [3.8, 4) is 0 Å². The van der Waals surface area contributed by atoms with Crippen LogP contribution in [0.15, 0.2) is 53.0 Å². The number of benzene rings is 2. The third kappa shape index (κ3) is 4.41. The van der Waals surface area contributed by atoms with Gasteiger partial charge < -0.3 is 11.1 Å². The lowest BCUT2D eigenvalue weighted by atomic mass is 10.1. The Bertz CT molecular complexity index is 567. The zero-order valence-electron chi connectivity index (χ0n) is 10.4. The maximum atomic E-state index is 10.8. The Hall–Kier alpha value is -1.81. The second kappa shape index (κ2) is 6.38. The molecule has 0 spiro atoms. The van der Waals surface area contributed by atoms with Gasteiger partial charge in [0.15, 0.2) is 0 Å². The summed E-state index contributed by atoms with van der Waals surface area (Å²) in [4.78, 5) is 10.8. The Labute approximate surface area is 121 Å². The Morgan fingerprint density at radius 3 is 2.47 bits per heavy atom. The van der Waals surface area contributed by atoms with Gasteiger partial charge in [0.1, 0.15) is 0 Å². The summed E-state index contributed by atoms with van der Waals surface area (Å²) < 4.78 is 1.07. The van der Waals surface area contributed by atoms with Gasteiger partial charge in [-0.2, -0.15) is 0 Å². The first-order chi connectivity index (χ1) is 9.13. The molecule has 0 saturated heterocycles. The van der Waals surface area contributed by atoms with Crippen LogP contribution in [0.2, 0.25) is 0 Å². The summed E-state index contributed by atoms with van der Waals surface area (Å²) in [7, 11) is 0. The molecule has 0 atom stereocenters. The van der Waals surface area contributed by atoms with Gasteiger partial charge in [0, 0.05) is 16.7 Å². The molecule has 0 fully saturated rings. The van der Waals surface area contributed by atoms with E-state index in [1.807, 2.05) is 36.4 Å². The van der Waals surface area contributed by atoms with Gasteiger partial charge in [-0.15, -0.1) is 0 Å². The lowest BCUT2D eigenvalue weighted by Crippen LogP contribution is -2.13. The van der Waals surface area contributed by atoms with Gasteiger partial charge in [0.25, 0.3) is 0 Å². The van der Waals surface area contributed by atoms with Gasteiger partial charge in [-0.25, -0.2) is 0 Å². The maximum absolute atomic E-state index is 10.8. The van der Waals surface area contributed by atoms with E-state index in [0.717, 1.165) is 22.3 Å². The second-order valence-corrected chi connectivity index (χ2v) is 5.24. The average Bonchev–Trinajstić information content (AvgIpc) is 2.37. The number of hydrogen-bond acceptors (Lipinski definition) is 2. The van der Waals surface area contributed by atoms with Crippen molar-refractivity contribution in [2.24, 2.45) is 5.73 Å². The van der Waals surface area contributed by atoms with Crippen LogP contribution in [0.25, 0.3) is 0 Å². The number of nitrogens with one attached hydrogen (secondary N) is 1. The lowest BCUT2D eigenvalue weighted by Gasteiger charge is -2.07. The van der Waals surface area contributed by atoms with Gasteiger partial charge in [0.05, 0.1) is 6.42 Å². The number of rotatable bonds is 5. The molecule has 3 nitrogen and oxygen atoms in total. The lowest BCUT2D eigenvalue weighted by molar-refractivity contribution is -0.117. The van der Waals surface area contributed by atoms with Gasteiger partial charge in [0.2, 0.25) is 5.91 Å². The highest BCUT2D eigenvalue weighted by Gasteiger charge is 1.99. The van der Waals surface area contributed by atoms with Gasteiger partial charge in [-0.3, -0.25) is 4.79 Å². The summed E-state index contributed by atoms with van der Waals surface area (Å²) in [6, 6.07) is 15.9. The fourth-order valence-corrected chi connectivity index (χ4v) is 2.24. The summed E-state index contributed by atoms with van der Waals surface area (Å²) in [5.41, 5.74) is 8.31. The number of carbonyl (C=O) groups is 1. The number of hydrogen-bond donors (Lipinski definition) is 2. The molecule has 0 aliphatic carbocycles. The third-order valence-corrected chi connectivity index (χ3v) is 3.21. The van der Waals surface area contributed by atoms with E-state index in [4.69, 9.17) is 5.73 Å². The fraction of sp³-hybridized carbons (Fsp3) is 0.133. The molecule has 0 aromatic heterocycles. The van der Waals surface area contributed by atoms with Gasteiger partial charge >= 0.3 is 0 Å². The van der Waals surface area contributed by atoms with E-state index < -0.39 is 0 Å². The van der Waals surface area contributed by atoms with Crippen LogP contribution in [-0.4, -0.2) is 5.91 Å². The van der Waals surface area contributed by atoms with Crippen LogP contribution in [0.5, 0.6) is 0 Å². The highest BCUT2D eigenvalue weighted by Crippen LogP contribution is 2.14. The molecular formula is C15H15BrN2O. The smallest absolute Gasteiger partial charge is 0.221 e. The summed E-state index contributed by atoms with van der Waals surface area (Å²) in [5.74, 6) is -0.310. The summed E-state index contributed by atoms with van der Waals surface area (Å²) in [5, 5.41) is 3.33. The van der Waals surface area contributed by atoms with Crippen molar-refractivity contribution < 1.29 is 4.79 Å². The van der Waals surface area contributed by atoms with Crippen molar-refractivity contribution in [2.45, 2.75) is 13.0 Å². The van der Waals surface area contributed by atoms with Crippen molar-refractivity contribution in [1.82, 2.24) is 0 Å². The Balaban J connectivity index is 1.94. The minimum absolute atomic E-state index is 0.284. The Morgan fingerprint density at radius 2 is 1.84 bits per heavy atom. The molecule has 0 unspecified atom stereocenters. The van der Waals surface area contributed by atoms with E-state index in [1.54, 1.807) is 0 Å². The molecule has 3 N–H and O–H groups in total. The van der Waals surface area contributed by atoms with Crippen molar-refractivity contribution in [3.63, 3.8) is 0 Å². The molecule has 0 radical (unpaired) electrons. The molecule has 2 rings (SSSR count). The molecule has 0 heterocycles. The van der Waals surface area contributed by atoms with E-state index in [1.165, 1.54) is 5.56 Å². The zero-order valence-corrected chi connectivity index (χ0v) is 12.0. The van der Waals surface area contributed by atoms with Crippen LogP contribution in [0.1, 0.15) is 11.1 Å². The number of amides is 1. The highest BCUT2D eigenvalue weighted by molar-refractivity contribution is 9.10. The van der Waals surface area contributed by atoms with Crippen molar-refractivity contribution in [3.05, 3.63) is 64.1 Å². The number of anilines is 1. The number of carbonyl (C=O) groups excluding carboxylic acids is 1. The van der Waals surface area contributed by atoms with E-state index >= 15 is 0 Å². The molecular weight excluding hydrogens is 304 g/mol. The molecule has 0 aliphatic rings. The first-order valence-electron chi connectivity index (χ1n) is 5.99. The zero-order chi connectivity index (χ0) is 13.7. The van der Waals surface area contributed by atoms with E-state index in [9.17, 15) is 4.79 Å². The van der Waals surface area contributed by atoms with Crippen molar-refractivity contribution in [2.75, 3.05) is 5.32 Å². The van der Waals surface area contributed by atoms with E-state index in [0.29, 0.717) is 0 Å². The molecule has 19 heavy (non-hydrogen) atoms. The second-order valence-electron chi connectivity index (χ2n) is 4.32. The minimum Gasteiger partial charge on any atom is -0.381 e. The van der Waals surface area contributed by atoms with E-state index in [2.05, 4.69) is 33.4 Å². The molecule has 98 valence electrons. The number of halogens is 1. The maximum Gasteiger partial charge on any atom is 0.221 e. The topological polar surface area (TPSA) is 55.1 Å². The fourth-order valence-electron chi connectivity index (χ4n) is 1.79. The highest BCUT2D eigenvalue weighted by atomic mass is 79.9. The van der Waals surface area contributed by atoms with Gasteiger partial charge in [-0.05, 0) is 35.4 Å². The molecule has 4 heteroatoms. The first kappa shape index (κ1) is 13.6. The monoisotopic (exact) mass is 318 g/mol. The van der Waals surface area contributed by atoms with Crippen LogP contribution in [0.3, 0.4) is 0 Å². The standard InChI is InChI=1S/C15H15BrN2O/c16-13-3-1-2-12(8-13)10-18-14-6-4-11(5-7-14)9-15(17)19/h1-8,18H,9-10H2,(H2,17,19). The average molecular weight is 319 g/mol.